The van der Waals surface area contributed by atoms with Gasteiger partial charge in [0.2, 0.25) is 0 Å². The van der Waals surface area contributed by atoms with E-state index in [0.29, 0.717) is 12.1 Å². The van der Waals surface area contributed by atoms with Gasteiger partial charge in [0.05, 0.1) is 15.9 Å². The van der Waals surface area contributed by atoms with Crippen molar-refractivity contribution < 1.29 is 4.39 Å². The van der Waals surface area contributed by atoms with E-state index in [1.165, 1.54) is 28.1 Å². The van der Waals surface area contributed by atoms with E-state index in [2.05, 4.69) is 58.3 Å². The predicted octanol–water partition coefficient (Wildman–Crippen LogP) is 4.49. The molecule has 138 valence electrons. The van der Waals surface area contributed by atoms with Crippen molar-refractivity contribution in [2.24, 2.45) is 5.73 Å². The zero-order chi connectivity index (χ0) is 18.8. The van der Waals surface area contributed by atoms with Crippen molar-refractivity contribution in [1.29, 1.82) is 0 Å². The monoisotopic (exact) mass is 380 g/mol. The Morgan fingerprint density at radius 2 is 1.85 bits per heavy atom. The molecule has 0 atom stereocenters. The van der Waals surface area contributed by atoms with Crippen LogP contribution in [0, 0.1) is 5.82 Å². The lowest BCUT2D eigenvalue weighted by Gasteiger charge is -2.15. The number of likely N-dealkylation sites (N-methyl/N-ethyl adjacent to an activating group) is 1. The Morgan fingerprint density at radius 3 is 2.63 bits per heavy atom. The standard InChI is InChI=1S/C21H21FN4S/c1-26(11-10-23)13-14-2-4-15(5-3-14)19-8-9-20(27-19)21-24-17-7-6-16(22)12-18(17)25-21/h2-9,12H,10-11,13,23H2,1H3,(H,24,25). The van der Waals surface area contributed by atoms with Gasteiger partial charge in [0.15, 0.2) is 0 Å². The van der Waals surface area contributed by atoms with Gasteiger partial charge < -0.3 is 15.6 Å². The lowest BCUT2D eigenvalue weighted by molar-refractivity contribution is 0.336. The van der Waals surface area contributed by atoms with Gasteiger partial charge in [-0.1, -0.05) is 24.3 Å². The minimum atomic E-state index is -0.262. The molecule has 0 radical (unpaired) electrons. The maximum atomic E-state index is 13.4. The fraction of sp³-hybridized carbons (Fsp3) is 0.190. The molecule has 0 aliphatic heterocycles. The number of nitrogens with two attached hydrogens (primary N) is 1. The van der Waals surface area contributed by atoms with Gasteiger partial charge in [-0.3, -0.25) is 0 Å². The molecule has 27 heavy (non-hydrogen) atoms. The maximum Gasteiger partial charge on any atom is 0.148 e. The predicted molar refractivity (Wildman–Crippen MR) is 110 cm³/mol. The molecule has 4 nitrogen and oxygen atoms in total. The van der Waals surface area contributed by atoms with Crippen LogP contribution in [0.5, 0.6) is 0 Å². The molecule has 0 amide bonds. The highest BCUT2D eigenvalue weighted by Gasteiger charge is 2.10. The smallest absolute Gasteiger partial charge is 0.148 e. The summed E-state index contributed by atoms with van der Waals surface area (Å²) in [6, 6.07) is 17.4. The topological polar surface area (TPSA) is 57.9 Å². The number of benzene rings is 2. The molecule has 0 aliphatic carbocycles. The van der Waals surface area contributed by atoms with Crippen molar-refractivity contribution in [2.45, 2.75) is 6.54 Å². The summed E-state index contributed by atoms with van der Waals surface area (Å²) < 4.78 is 13.4. The van der Waals surface area contributed by atoms with Crippen LogP contribution < -0.4 is 5.73 Å². The molecule has 6 heteroatoms. The first kappa shape index (κ1) is 17.9. The minimum Gasteiger partial charge on any atom is -0.337 e. The number of hydrogen-bond acceptors (Lipinski definition) is 4. The highest BCUT2D eigenvalue weighted by molar-refractivity contribution is 7.18. The lowest BCUT2D eigenvalue weighted by atomic mass is 10.1. The molecular formula is C21H21FN4S. The number of H-pyrrole nitrogens is 1. The van der Waals surface area contributed by atoms with Crippen LogP contribution in [0.1, 0.15) is 5.56 Å². The van der Waals surface area contributed by atoms with E-state index >= 15 is 0 Å². The fourth-order valence-corrected chi connectivity index (χ4v) is 4.06. The van der Waals surface area contributed by atoms with Gasteiger partial charge in [-0.15, -0.1) is 11.3 Å². The van der Waals surface area contributed by atoms with Gasteiger partial charge in [0.1, 0.15) is 11.6 Å². The number of hydrogen-bond donors (Lipinski definition) is 2. The number of aromatic amines is 1. The zero-order valence-corrected chi connectivity index (χ0v) is 15.9. The molecule has 0 fully saturated rings. The van der Waals surface area contributed by atoms with Crippen LogP contribution in [-0.4, -0.2) is 35.0 Å². The molecule has 4 rings (SSSR count). The second-order valence-electron chi connectivity index (χ2n) is 6.63. The van der Waals surface area contributed by atoms with Crippen LogP contribution in [0.4, 0.5) is 4.39 Å². The van der Waals surface area contributed by atoms with Crippen molar-refractivity contribution in [3.8, 4) is 21.1 Å². The van der Waals surface area contributed by atoms with Gasteiger partial charge in [-0.25, -0.2) is 9.37 Å². The summed E-state index contributed by atoms with van der Waals surface area (Å²) >= 11 is 1.67. The quantitative estimate of drug-likeness (QED) is 0.518. The normalized spacial score (nSPS) is 11.6. The van der Waals surface area contributed by atoms with Gasteiger partial charge in [-0.05, 0) is 48.5 Å². The number of fused-ring (bicyclic) bond motifs is 1. The van der Waals surface area contributed by atoms with E-state index in [1.807, 2.05) is 0 Å². The molecule has 0 saturated heterocycles. The molecule has 0 aliphatic rings. The molecule has 0 spiro atoms. The average molecular weight is 380 g/mol. The average Bonchev–Trinajstić information content (AvgIpc) is 3.29. The number of nitrogens with one attached hydrogen (secondary N) is 1. The van der Waals surface area contributed by atoms with Crippen molar-refractivity contribution >= 4 is 22.4 Å². The molecule has 2 aromatic carbocycles. The molecule has 0 unspecified atom stereocenters. The Bertz CT molecular complexity index is 1050. The summed E-state index contributed by atoms with van der Waals surface area (Å²) in [5, 5.41) is 0. The van der Waals surface area contributed by atoms with Crippen LogP contribution in [0.25, 0.3) is 32.2 Å². The number of thiophene rings is 1. The first-order valence-electron chi connectivity index (χ1n) is 8.86. The summed E-state index contributed by atoms with van der Waals surface area (Å²) in [5.41, 5.74) is 9.53. The molecule has 0 saturated carbocycles. The van der Waals surface area contributed by atoms with Crippen LogP contribution in [0.3, 0.4) is 0 Å². The summed E-state index contributed by atoms with van der Waals surface area (Å²) in [5.74, 6) is 0.508. The van der Waals surface area contributed by atoms with E-state index in [1.54, 1.807) is 17.4 Å². The van der Waals surface area contributed by atoms with Gasteiger partial charge >= 0.3 is 0 Å². The van der Waals surface area contributed by atoms with E-state index in [-0.39, 0.29) is 5.82 Å². The highest BCUT2D eigenvalue weighted by atomic mass is 32.1. The Hall–Kier alpha value is -2.54. The second kappa shape index (κ2) is 7.60. The third kappa shape index (κ3) is 3.93. The summed E-state index contributed by atoms with van der Waals surface area (Å²) in [7, 11) is 2.07. The van der Waals surface area contributed by atoms with E-state index in [4.69, 9.17) is 5.73 Å². The Balaban J connectivity index is 1.54. The van der Waals surface area contributed by atoms with Crippen LogP contribution in [-0.2, 0) is 6.54 Å². The number of rotatable bonds is 6. The van der Waals surface area contributed by atoms with Crippen molar-refractivity contribution in [3.63, 3.8) is 0 Å². The summed E-state index contributed by atoms with van der Waals surface area (Å²) in [4.78, 5) is 12.2. The first-order chi connectivity index (χ1) is 13.1. The van der Waals surface area contributed by atoms with Gasteiger partial charge in [-0.2, -0.15) is 0 Å². The van der Waals surface area contributed by atoms with Gasteiger partial charge in [0, 0.05) is 24.5 Å². The van der Waals surface area contributed by atoms with E-state index < -0.39 is 0 Å². The second-order valence-corrected chi connectivity index (χ2v) is 7.72. The highest BCUT2D eigenvalue weighted by Crippen LogP contribution is 2.34. The molecule has 3 N–H and O–H groups in total. The van der Waals surface area contributed by atoms with Gasteiger partial charge in [0.25, 0.3) is 0 Å². The van der Waals surface area contributed by atoms with Crippen molar-refractivity contribution in [2.75, 3.05) is 20.1 Å². The molecule has 2 aromatic heterocycles. The van der Waals surface area contributed by atoms with E-state index in [9.17, 15) is 4.39 Å². The zero-order valence-electron chi connectivity index (χ0n) is 15.1. The number of nitrogens with zero attached hydrogens (tertiary/aromatic N) is 2. The number of imidazole rings is 1. The lowest BCUT2D eigenvalue weighted by Crippen LogP contribution is -2.24. The summed E-state index contributed by atoms with van der Waals surface area (Å²) in [6.45, 7) is 2.45. The van der Waals surface area contributed by atoms with Crippen molar-refractivity contribution in [3.05, 3.63) is 66.0 Å². The van der Waals surface area contributed by atoms with E-state index in [0.717, 1.165) is 29.3 Å². The van der Waals surface area contributed by atoms with Crippen molar-refractivity contribution in [1.82, 2.24) is 14.9 Å². The Morgan fingerprint density at radius 1 is 1.07 bits per heavy atom. The minimum absolute atomic E-state index is 0.262. The largest absolute Gasteiger partial charge is 0.337 e. The third-order valence-electron chi connectivity index (χ3n) is 4.49. The van der Waals surface area contributed by atoms with Crippen LogP contribution >= 0.6 is 11.3 Å². The number of aromatic nitrogens is 2. The fourth-order valence-electron chi connectivity index (χ4n) is 3.10. The third-order valence-corrected chi connectivity index (χ3v) is 5.63. The Labute approximate surface area is 161 Å². The molecule has 2 heterocycles. The van der Waals surface area contributed by atoms with Crippen LogP contribution in [0.15, 0.2) is 54.6 Å². The first-order valence-corrected chi connectivity index (χ1v) is 9.67. The SMILES string of the molecule is CN(CCN)Cc1ccc(-c2ccc(-c3nc4ccc(F)cc4[nH]3)s2)cc1. The Kier molecular flexibility index (Phi) is 5.03. The maximum absolute atomic E-state index is 13.4. The number of halogens is 1. The summed E-state index contributed by atoms with van der Waals surface area (Å²) in [6.07, 6.45) is 0. The van der Waals surface area contributed by atoms with Crippen LogP contribution in [0.2, 0.25) is 0 Å². The molecule has 4 aromatic rings. The molecular weight excluding hydrogens is 359 g/mol. The molecule has 0 bridgehead atoms.